The summed E-state index contributed by atoms with van der Waals surface area (Å²) in [5.74, 6) is -0.519. The molecule has 12 heteroatoms. The number of hydrogen-bond donors (Lipinski definition) is 1. The Balaban J connectivity index is 1.27. The van der Waals surface area contributed by atoms with Crippen LogP contribution in [0, 0.1) is 11.3 Å². The second-order valence-corrected chi connectivity index (χ2v) is 18.8. The highest BCUT2D eigenvalue weighted by molar-refractivity contribution is 7.24. The molecule has 6 rings (SSSR count). The Kier molecular flexibility index (Phi) is 10.3. The minimum atomic E-state index is -3.11. The Morgan fingerprint density at radius 3 is 2.24 bits per heavy atom. The monoisotopic (exact) mass is 731 g/mol. The summed E-state index contributed by atoms with van der Waals surface area (Å²) >= 11 is 2.99. The molecule has 1 aromatic carbocycles. The van der Waals surface area contributed by atoms with Gasteiger partial charge < -0.3 is 27.9 Å². The van der Waals surface area contributed by atoms with Gasteiger partial charge in [0.25, 0.3) is 5.91 Å². The van der Waals surface area contributed by atoms with Crippen molar-refractivity contribution in [2.45, 2.75) is 72.1 Å². The SMILES string of the molecule is CCO[Si](CNC(=O)C(C#N)=Cc1ccc(-c2ccc(-c3cc4cc5c6c(c4oc3=O)C(C)(C)CCN6CCC5(C)C)s2)s1)(OCC)OCC. The molecule has 2 aliphatic heterocycles. The molecule has 0 radical (unpaired) electrons. The van der Waals surface area contributed by atoms with E-state index in [9.17, 15) is 14.9 Å². The van der Waals surface area contributed by atoms with Crippen molar-refractivity contribution in [2.24, 2.45) is 0 Å². The van der Waals surface area contributed by atoms with Crippen molar-refractivity contribution in [3.63, 3.8) is 0 Å². The summed E-state index contributed by atoms with van der Waals surface area (Å²) in [6, 6.07) is 14.1. The van der Waals surface area contributed by atoms with Crippen LogP contribution in [0.15, 0.2) is 51.2 Å². The highest BCUT2D eigenvalue weighted by Gasteiger charge is 2.43. The maximum absolute atomic E-state index is 13.6. The Bertz CT molecular complexity index is 2030. The predicted octanol–water partition coefficient (Wildman–Crippen LogP) is 8.03. The number of hydrogen-bond acceptors (Lipinski definition) is 10. The number of nitrogens with zero attached hydrogens (tertiary/aromatic N) is 2. The van der Waals surface area contributed by atoms with Crippen LogP contribution in [0.1, 0.15) is 77.3 Å². The standard InChI is InChI=1S/C38H45N3O6S2Si/c1-8-44-50(45-9-2,46-10-3)23-40-35(42)25(22-39)19-26-11-12-30(48-26)31-14-13-29(49-31)27-20-24-21-28-33-32(34(24)47-36(27)43)38(6,7)16-18-41(33)17-15-37(28,4)5/h11-14,19-21H,8-10,15-18,23H2,1-7H3,(H,40,42). The Hall–Kier alpha value is -3.57. The summed E-state index contributed by atoms with van der Waals surface area (Å²) in [4.78, 5) is 32.7. The number of carbonyl (C=O) groups is 1. The van der Waals surface area contributed by atoms with Crippen molar-refractivity contribution in [3.8, 4) is 26.3 Å². The van der Waals surface area contributed by atoms with Gasteiger partial charge in [-0.3, -0.25) is 4.79 Å². The molecule has 264 valence electrons. The molecule has 0 spiro atoms. The van der Waals surface area contributed by atoms with Gasteiger partial charge in [-0.2, -0.15) is 5.26 Å². The van der Waals surface area contributed by atoms with Crippen molar-refractivity contribution >= 4 is 60.1 Å². The minimum absolute atomic E-state index is 0.0225. The number of nitrogens with one attached hydrogen (secondary N) is 1. The maximum atomic E-state index is 13.6. The molecule has 0 fully saturated rings. The average molecular weight is 732 g/mol. The van der Waals surface area contributed by atoms with Crippen LogP contribution in [0.3, 0.4) is 0 Å². The zero-order valence-corrected chi connectivity index (χ0v) is 32.5. The second kappa shape index (κ2) is 14.2. The van der Waals surface area contributed by atoms with E-state index in [0.717, 1.165) is 56.4 Å². The van der Waals surface area contributed by atoms with E-state index >= 15 is 0 Å². The van der Waals surface area contributed by atoms with E-state index in [1.807, 2.05) is 57.2 Å². The molecule has 5 heterocycles. The molecule has 2 aliphatic rings. The number of anilines is 1. The lowest BCUT2D eigenvalue weighted by Gasteiger charge is -2.48. The van der Waals surface area contributed by atoms with Crippen LogP contribution in [0.5, 0.6) is 0 Å². The maximum Gasteiger partial charge on any atom is 0.521 e. The topological polar surface area (TPSA) is 114 Å². The fourth-order valence-corrected chi connectivity index (χ4v) is 11.3. The number of rotatable bonds is 12. The number of benzene rings is 1. The van der Waals surface area contributed by atoms with Crippen LogP contribution >= 0.6 is 22.7 Å². The molecule has 0 saturated carbocycles. The summed E-state index contributed by atoms with van der Waals surface area (Å²) in [5, 5.41) is 13.6. The summed E-state index contributed by atoms with van der Waals surface area (Å²) in [7, 11) is -3.11. The molecule has 0 bridgehead atoms. The van der Waals surface area contributed by atoms with Crippen LogP contribution in [0.2, 0.25) is 0 Å². The largest absolute Gasteiger partial charge is 0.521 e. The van der Waals surface area contributed by atoms with Gasteiger partial charge in [0.2, 0.25) is 0 Å². The molecule has 0 unspecified atom stereocenters. The highest BCUT2D eigenvalue weighted by Crippen LogP contribution is 2.52. The summed E-state index contributed by atoms with van der Waals surface area (Å²) in [6.45, 7) is 17.9. The van der Waals surface area contributed by atoms with E-state index in [1.54, 1.807) is 6.08 Å². The van der Waals surface area contributed by atoms with E-state index in [-0.39, 0.29) is 28.2 Å². The molecule has 1 N–H and O–H groups in total. The lowest BCUT2D eigenvalue weighted by molar-refractivity contribution is -0.117. The molecule has 0 saturated heterocycles. The average Bonchev–Trinajstić information content (AvgIpc) is 3.75. The molecule has 4 aromatic rings. The molecule has 1 amide bonds. The quantitative estimate of drug-likeness (QED) is 0.0675. The molecular formula is C38H45N3O6S2Si. The first-order valence-electron chi connectivity index (χ1n) is 17.3. The third-order valence-corrected chi connectivity index (χ3v) is 14.8. The first-order chi connectivity index (χ1) is 23.8. The van der Waals surface area contributed by atoms with Gasteiger partial charge in [-0.05, 0) is 92.5 Å². The van der Waals surface area contributed by atoms with Crippen LogP contribution in [-0.4, -0.2) is 53.8 Å². The summed E-state index contributed by atoms with van der Waals surface area (Å²) < 4.78 is 23.7. The van der Waals surface area contributed by atoms with Gasteiger partial charge >= 0.3 is 14.4 Å². The summed E-state index contributed by atoms with van der Waals surface area (Å²) in [5.41, 5.74) is 4.54. The lowest BCUT2D eigenvalue weighted by Crippen LogP contribution is -2.55. The van der Waals surface area contributed by atoms with Crippen LogP contribution in [-0.2, 0) is 28.9 Å². The number of carbonyl (C=O) groups excluding carboxylic acids is 1. The predicted molar refractivity (Wildman–Crippen MR) is 204 cm³/mol. The number of nitriles is 1. The highest BCUT2D eigenvalue weighted by atomic mass is 32.1. The van der Waals surface area contributed by atoms with Gasteiger partial charge in [-0.15, -0.1) is 22.7 Å². The fraction of sp³-hybridized carbons (Fsp3) is 0.447. The van der Waals surface area contributed by atoms with Gasteiger partial charge in [0.15, 0.2) is 0 Å². The fourth-order valence-electron chi connectivity index (χ4n) is 7.01. The molecule has 50 heavy (non-hydrogen) atoms. The summed E-state index contributed by atoms with van der Waals surface area (Å²) in [6.07, 6.45) is 3.74. The molecule has 3 aromatic heterocycles. The molecule has 9 nitrogen and oxygen atoms in total. The van der Waals surface area contributed by atoms with Crippen molar-refractivity contribution in [2.75, 3.05) is 44.0 Å². The first-order valence-corrected chi connectivity index (χ1v) is 20.8. The normalized spacial score (nSPS) is 16.7. The van der Waals surface area contributed by atoms with Crippen LogP contribution in [0.4, 0.5) is 5.69 Å². The van der Waals surface area contributed by atoms with Gasteiger partial charge in [0.1, 0.15) is 17.2 Å². The van der Waals surface area contributed by atoms with E-state index < -0.39 is 14.7 Å². The van der Waals surface area contributed by atoms with Crippen molar-refractivity contribution in [1.29, 1.82) is 5.26 Å². The number of fused-ring (bicyclic) bond motifs is 2. The first kappa shape index (κ1) is 36.2. The second-order valence-electron chi connectivity index (χ2n) is 14.0. The third-order valence-electron chi connectivity index (χ3n) is 9.68. The van der Waals surface area contributed by atoms with E-state index in [4.69, 9.17) is 17.7 Å². The van der Waals surface area contributed by atoms with Gasteiger partial charge in [0, 0.05) is 69.1 Å². The van der Waals surface area contributed by atoms with Crippen LogP contribution in [0.25, 0.3) is 37.2 Å². The van der Waals surface area contributed by atoms with Gasteiger partial charge in [-0.25, -0.2) is 4.79 Å². The molecular weight excluding hydrogens is 687 g/mol. The van der Waals surface area contributed by atoms with Crippen molar-refractivity contribution < 1.29 is 22.5 Å². The third kappa shape index (κ3) is 6.87. The van der Waals surface area contributed by atoms with Crippen molar-refractivity contribution in [3.05, 3.63) is 68.4 Å². The number of thiophene rings is 2. The zero-order valence-electron chi connectivity index (χ0n) is 29.9. The van der Waals surface area contributed by atoms with Crippen molar-refractivity contribution in [1.82, 2.24) is 5.32 Å². The Labute approximate surface area is 302 Å². The van der Waals surface area contributed by atoms with Gasteiger partial charge in [0.05, 0.1) is 11.7 Å². The van der Waals surface area contributed by atoms with E-state index in [1.165, 1.54) is 33.9 Å². The van der Waals surface area contributed by atoms with E-state index in [2.05, 4.69) is 44.0 Å². The lowest BCUT2D eigenvalue weighted by atomic mass is 9.69. The molecule has 0 atom stereocenters. The van der Waals surface area contributed by atoms with Gasteiger partial charge in [-0.1, -0.05) is 27.7 Å². The Morgan fingerprint density at radius 2 is 1.58 bits per heavy atom. The zero-order chi connectivity index (χ0) is 35.8. The number of amides is 1. The Morgan fingerprint density at radius 1 is 0.960 bits per heavy atom. The van der Waals surface area contributed by atoms with Crippen LogP contribution < -0.4 is 15.8 Å². The minimum Gasteiger partial charge on any atom is -0.422 e. The molecule has 0 aliphatic carbocycles. The smallest absolute Gasteiger partial charge is 0.422 e. The van der Waals surface area contributed by atoms with E-state index in [0.29, 0.717) is 31.0 Å².